The van der Waals surface area contributed by atoms with Crippen LogP contribution < -0.4 is 10.1 Å². The molecular weight excluding hydrogens is 312 g/mol. The standard InChI is InChI=1S/C16H20N4O4/c1-10(2)24-13-6-4-5-12(7-13)11(3)17-15(21)9-20-8-14(16(22)23)18-19-20/h4-8,10-11H,9H2,1-3H3,(H,17,21)(H,22,23). The Balaban J connectivity index is 1.96. The van der Waals surface area contributed by atoms with Gasteiger partial charge in [-0.2, -0.15) is 0 Å². The van der Waals surface area contributed by atoms with Crippen LogP contribution in [0, 0.1) is 0 Å². The maximum Gasteiger partial charge on any atom is 0.358 e. The Hall–Kier alpha value is -2.90. The summed E-state index contributed by atoms with van der Waals surface area (Å²) in [6, 6.07) is 7.28. The summed E-state index contributed by atoms with van der Waals surface area (Å²) in [5, 5.41) is 18.7. The molecule has 8 nitrogen and oxygen atoms in total. The molecule has 0 aliphatic heterocycles. The number of benzene rings is 1. The lowest BCUT2D eigenvalue weighted by molar-refractivity contribution is -0.122. The second-order valence-electron chi connectivity index (χ2n) is 5.63. The van der Waals surface area contributed by atoms with Crippen molar-refractivity contribution in [2.45, 2.75) is 39.5 Å². The first-order valence-corrected chi connectivity index (χ1v) is 7.54. The lowest BCUT2D eigenvalue weighted by Gasteiger charge is -2.16. The molecule has 128 valence electrons. The number of amides is 1. The number of hydrogen-bond acceptors (Lipinski definition) is 5. The molecule has 1 atom stereocenters. The molecule has 0 spiro atoms. The molecule has 1 heterocycles. The summed E-state index contributed by atoms with van der Waals surface area (Å²) in [7, 11) is 0. The molecule has 0 aliphatic rings. The number of ether oxygens (including phenoxy) is 1. The zero-order valence-electron chi connectivity index (χ0n) is 13.8. The van der Waals surface area contributed by atoms with Crippen molar-refractivity contribution in [3.05, 3.63) is 41.7 Å². The van der Waals surface area contributed by atoms with Crippen molar-refractivity contribution >= 4 is 11.9 Å². The van der Waals surface area contributed by atoms with Gasteiger partial charge in [0.2, 0.25) is 5.91 Å². The first-order chi connectivity index (χ1) is 11.3. The minimum atomic E-state index is -1.18. The number of nitrogens with zero attached hydrogens (tertiary/aromatic N) is 3. The van der Waals surface area contributed by atoms with Gasteiger partial charge in [0.1, 0.15) is 12.3 Å². The van der Waals surface area contributed by atoms with Crippen LogP contribution in [0.3, 0.4) is 0 Å². The van der Waals surface area contributed by atoms with Gasteiger partial charge < -0.3 is 15.2 Å². The smallest absolute Gasteiger partial charge is 0.358 e. The van der Waals surface area contributed by atoms with E-state index < -0.39 is 5.97 Å². The Morgan fingerprint density at radius 3 is 2.71 bits per heavy atom. The second kappa shape index (κ2) is 7.58. The fraction of sp³-hybridized carbons (Fsp3) is 0.375. The van der Waals surface area contributed by atoms with Crippen LogP contribution in [-0.2, 0) is 11.3 Å². The number of carboxylic acids is 1. The topological polar surface area (TPSA) is 106 Å². The molecule has 2 rings (SSSR count). The molecule has 1 amide bonds. The van der Waals surface area contributed by atoms with Crippen LogP contribution >= 0.6 is 0 Å². The van der Waals surface area contributed by atoms with Crippen molar-refractivity contribution < 1.29 is 19.4 Å². The number of hydrogen-bond donors (Lipinski definition) is 2. The number of carboxylic acid groups (broad SMARTS) is 1. The molecule has 0 saturated carbocycles. The van der Waals surface area contributed by atoms with E-state index in [9.17, 15) is 9.59 Å². The van der Waals surface area contributed by atoms with Gasteiger partial charge in [0.15, 0.2) is 5.69 Å². The van der Waals surface area contributed by atoms with Crippen molar-refractivity contribution in [2.24, 2.45) is 0 Å². The van der Waals surface area contributed by atoms with Gasteiger partial charge in [-0.25, -0.2) is 9.48 Å². The van der Waals surface area contributed by atoms with E-state index in [1.54, 1.807) is 0 Å². The Bertz CT molecular complexity index is 726. The first kappa shape index (κ1) is 17.5. The number of aromatic carboxylic acids is 1. The van der Waals surface area contributed by atoms with Gasteiger partial charge in [0.25, 0.3) is 0 Å². The lowest BCUT2D eigenvalue weighted by Crippen LogP contribution is -2.30. The largest absolute Gasteiger partial charge is 0.491 e. The third kappa shape index (κ3) is 4.80. The molecule has 2 N–H and O–H groups in total. The van der Waals surface area contributed by atoms with E-state index in [2.05, 4.69) is 15.6 Å². The minimum Gasteiger partial charge on any atom is -0.491 e. The maximum atomic E-state index is 12.1. The molecule has 1 aromatic heterocycles. The Labute approximate surface area is 139 Å². The highest BCUT2D eigenvalue weighted by molar-refractivity contribution is 5.84. The molecule has 0 bridgehead atoms. The molecule has 0 aliphatic carbocycles. The van der Waals surface area contributed by atoms with Crippen molar-refractivity contribution in [1.29, 1.82) is 0 Å². The predicted octanol–water partition coefficient (Wildman–Crippen LogP) is 1.64. The first-order valence-electron chi connectivity index (χ1n) is 7.54. The summed E-state index contributed by atoms with van der Waals surface area (Å²) in [5.41, 5.74) is 0.709. The summed E-state index contributed by atoms with van der Waals surface area (Å²) in [6.07, 6.45) is 1.28. The number of carbonyl (C=O) groups excluding carboxylic acids is 1. The molecule has 1 aromatic carbocycles. The maximum absolute atomic E-state index is 12.1. The third-order valence-corrected chi connectivity index (χ3v) is 3.17. The van der Waals surface area contributed by atoms with Gasteiger partial charge in [-0.3, -0.25) is 4.79 Å². The van der Waals surface area contributed by atoms with Crippen LogP contribution in [0.4, 0.5) is 0 Å². The molecular formula is C16H20N4O4. The van der Waals surface area contributed by atoms with Crippen LogP contribution in [0.1, 0.15) is 42.9 Å². The fourth-order valence-electron chi connectivity index (χ4n) is 2.12. The summed E-state index contributed by atoms with van der Waals surface area (Å²) in [4.78, 5) is 22.8. The molecule has 1 unspecified atom stereocenters. The lowest BCUT2D eigenvalue weighted by atomic mass is 10.1. The van der Waals surface area contributed by atoms with Crippen LogP contribution in [0.15, 0.2) is 30.5 Å². The van der Waals surface area contributed by atoms with Crippen molar-refractivity contribution in [1.82, 2.24) is 20.3 Å². The average Bonchev–Trinajstić information content (AvgIpc) is 2.95. The van der Waals surface area contributed by atoms with Crippen LogP contribution in [0.25, 0.3) is 0 Å². The van der Waals surface area contributed by atoms with Crippen molar-refractivity contribution in [3.8, 4) is 5.75 Å². The molecule has 8 heteroatoms. The summed E-state index contributed by atoms with van der Waals surface area (Å²) >= 11 is 0. The van der Waals surface area contributed by atoms with E-state index in [0.29, 0.717) is 0 Å². The van der Waals surface area contributed by atoms with Gasteiger partial charge in [-0.15, -0.1) is 5.10 Å². The van der Waals surface area contributed by atoms with Crippen LogP contribution in [0.2, 0.25) is 0 Å². The zero-order valence-corrected chi connectivity index (χ0v) is 13.8. The third-order valence-electron chi connectivity index (χ3n) is 3.17. The quantitative estimate of drug-likeness (QED) is 0.798. The van der Waals surface area contributed by atoms with Gasteiger partial charge in [0, 0.05) is 0 Å². The van der Waals surface area contributed by atoms with E-state index in [4.69, 9.17) is 9.84 Å². The predicted molar refractivity (Wildman–Crippen MR) is 85.7 cm³/mol. The fourth-order valence-corrected chi connectivity index (χ4v) is 2.12. The van der Waals surface area contributed by atoms with E-state index in [1.807, 2.05) is 45.0 Å². The van der Waals surface area contributed by atoms with Crippen molar-refractivity contribution in [2.75, 3.05) is 0 Å². The molecule has 0 fully saturated rings. The number of aromatic nitrogens is 3. The molecule has 24 heavy (non-hydrogen) atoms. The molecule has 0 saturated heterocycles. The minimum absolute atomic E-state index is 0.0703. The van der Waals surface area contributed by atoms with E-state index in [-0.39, 0.29) is 30.3 Å². The van der Waals surface area contributed by atoms with Crippen LogP contribution in [-0.4, -0.2) is 38.1 Å². The summed E-state index contributed by atoms with van der Waals surface area (Å²) in [6.45, 7) is 5.64. The van der Waals surface area contributed by atoms with Gasteiger partial charge in [0.05, 0.1) is 18.3 Å². The average molecular weight is 332 g/mol. The van der Waals surface area contributed by atoms with E-state index >= 15 is 0 Å². The van der Waals surface area contributed by atoms with Gasteiger partial charge >= 0.3 is 5.97 Å². The Morgan fingerprint density at radius 2 is 2.08 bits per heavy atom. The number of nitrogens with one attached hydrogen (secondary N) is 1. The highest BCUT2D eigenvalue weighted by atomic mass is 16.5. The Kier molecular flexibility index (Phi) is 5.51. The highest BCUT2D eigenvalue weighted by Crippen LogP contribution is 2.20. The van der Waals surface area contributed by atoms with Crippen molar-refractivity contribution in [3.63, 3.8) is 0 Å². The zero-order chi connectivity index (χ0) is 17.7. The van der Waals surface area contributed by atoms with Gasteiger partial charge in [-0.1, -0.05) is 17.3 Å². The SMILES string of the molecule is CC(C)Oc1cccc(C(C)NC(=O)Cn2cc(C(=O)O)nn2)c1. The van der Waals surface area contributed by atoms with Crippen LogP contribution in [0.5, 0.6) is 5.75 Å². The highest BCUT2D eigenvalue weighted by Gasteiger charge is 2.14. The summed E-state index contributed by atoms with van der Waals surface area (Å²) in [5.74, 6) is -0.734. The van der Waals surface area contributed by atoms with E-state index in [0.717, 1.165) is 11.3 Å². The number of carbonyl (C=O) groups is 2. The second-order valence-corrected chi connectivity index (χ2v) is 5.63. The monoisotopic (exact) mass is 332 g/mol. The Morgan fingerprint density at radius 1 is 1.33 bits per heavy atom. The summed E-state index contributed by atoms with van der Waals surface area (Å²) < 4.78 is 6.82. The number of rotatable bonds is 7. The van der Waals surface area contributed by atoms with Gasteiger partial charge in [-0.05, 0) is 38.5 Å². The molecule has 2 aromatic rings. The molecule has 0 radical (unpaired) electrons. The van der Waals surface area contributed by atoms with E-state index in [1.165, 1.54) is 10.9 Å². The normalized spacial score (nSPS) is 12.0.